The molecule has 0 amide bonds. The molecule has 5 saturated heterocycles. The Balaban J connectivity index is 1.23. The van der Waals surface area contributed by atoms with Crippen LogP contribution in [0.4, 0.5) is 0 Å². The van der Waals surface area contributed by atoms with Crippen LogP contribution in [-0.4, -0.2) is 131 Å². The summed E-state index contributed by atoms with van der Waals surface area (Å²) < 4.78 is 21.3. The van der Waals surface area contributed by atoms with Crippen LogP contribution >= 0.6 is 0 Å². The highest BCUT2D eigenvalue weighted by molar-refractivity contribution is 5.88. The van der Waals surface area contributed by atoms with E-state index in [9.17, 15) is 35.1 Å². The first-order valence-corrected chi connectivity index (χ1v) is 24.5. The second-order valence-electron chi connectivity index (χ2n) is 21.6. The number of quaternary nitrogens is 1. The zero-order chi connectivity index (χ0) is 43.6. The van der Waals surface area contributed by atoms with Gasteiger partial charge < -0.3 is 56.1 Å². The largest absolute Gasteiger partial charge is 0.456 e. The highest BCUT2D eigenvalue weighted by atomic mass is 16.6. The molecule has 0 aromatic heterocycles. The third kappa shape index (κ3) is 8.11. The van der Waals surface area contributed by atoms with E-state index < -0.39 is 72.6 Å². The van der Waals surface area contributed by atoms with Crippen molar-refractivity contribution < 1.29 is 54.6 Å². The van der Waals surface area contributed by atoms with E-state index in [-0.39, 0.29) is 90.9 Å². The predicted octanol–water partition coefficient (Wildman–Crippen LogP) is 0.732. The summed E-state index contributed by atoms with van der Waals surface area (Å²) in [5, 5.41) is 66.5. The summed E-state index contributed by atoms with van der Waals surface area (Å²) in [6.07, 6.45) is 9.40. The molecule has 3 aliphatic carbocycles. The maximum Gasteiger partial charge on any atom is 0.336 e. The Kier molecular flexibility index (Phi) is 13.5. The average Bonchev–Trinajstić information content (AvgIpc) is 3.30. The van der Waals surface area contributed by atoms with Crippen LogP contribution < -0.4 is 21.7 Å². The van der Waals surface area contributed by atoms with E-state index in [1.54, 1.807) is 13.0 Å². The van der Waals surface area contributed by atoms with Gasteiger partial charge in [-0.25, -0.2) is 4.79 Å². The minimum absolute atomic E-state index is 0.00812. The van der Waals surface area contributed by atoms with Gasteiger partial charge in [-0.3, -0.25) is 10.1 Å². The normalized spacial score (nSPS) is 51.6. The topological polar surface area (TPSA) is 230 Å². The number of ketones is 1. The van der Waals surface area contributed by atoms with Gasteiger partial charge in [-0.15, -0.1) is 0 Å². The van der Waals surface area contributed by atoms with Gasteiger partial charge in [0.1, 0.15) is 23.7 Å². The number of carbonyl (C=O) groups is 2. The summed E-state index contributed by atoms with van der Waals surface area (Å²) in [5.74, 6) is -2.13. The molecule has 8 fully saturated rings. The Labute approximate surface area is 367 Å². The van der Waals surface area contributed by atoms with Crippen molar-refractivity contribution in [3.63, 3.8) is 0 Å². The molecule has 62 heavy (non-hydrogen) atoms. The number of nitrogens with two attached hydrogens (primary N) is 2. The van der Waals surface area contributed by atoms with E-state index in [0.29, 0.717) is 37.0 Å². The molecule has 23 atom stereocenters. The fourth-order valence-electron chi connectivity index (χ4n) is 15.7. The fraction of sp³-hybridized carbons (Fsp3) is 0.875. The summed E-state index contributed by atoms with van der Waals surface area (Å²) in [4.78, 5) is 28.5. The highest BCUT2D eigenvalue weighted by Crippen LogP contribution is 2.61. The molecular weight excluding hydrogens is 793 g/mol. The number of hydrogen-bond donors (Lipinski definition) is 9. The van der Waals surface area contributed by atoms with Gasteiger partial charge in [0.15, 0.2) is 0 Å². The van der Waals surface area contributed by atoms with Gasteiger partial charge >= 0.3 is 5.97 Å². The van der Waals surface area contributed by atoms with Gasteiger partial charge in [-0.1, -0.05) is 18.2 Å². The first-order chi connectivity index (χ1) is 29.9. The van der Waals surface area contributed by atoms with Crippen LogP contribution in [0, 0.1) is 76.9 Å². The quantitative estimate of drug-likeness (QED) is 0.0979. The predicted molar refractivity (Wildman–Crippen MR) is 228 cm³/mol. The van der Waals surface area contributed by atoms with E-state index >= 15 is 0 Å². The van der Waals surface area contributed by atoms with E-state index in [0.717, 1.165) is 57.9 Å². The highest BCUT2D eigenvalue weighted by Gasteiger charge is 2.67. The molecule has 11 N–H and O–H groups in total. The lowest BCUT2D eigenvalue weighted by atomic mass is 9.50. The first-order valence-electron chi connectivity index (χ1n) is 24.5. The minimum atomic E-state index is -1.16. The van der Waals surface area contributed by atoms with Gasteiger partial charge in [0, 0.05) is 42.7 Å². The molecule has 0 spiro atoms. The maximum absolute atomic E-state index is 14.4. The third-order valence-electron chi connectivity index (χ3n) is 18.6. The standard InChI is InChI=1S/C48H76N4O10/c1-4-25(20-53)47(59)61-37-18-34-42(58)40-36(57)17-31(21-54)60-44(40)41-39-32-11-12-50-45(49)38(32)27(8-7-26-9-10-30(56)16-33(26)35(39)22-55)15-29(48(37,3)62-43(34)41)14-24-13-28-6-5-23(2)52-46(28)51-19-24/h4-6,23-24,26-35,37-46,50-56,58H,7-22,49H2,1-3H3/p+1. The number of piperidine rings is 2. The second-order valence-corrected chi connectivity index (χ2v) is 21.6. The van der Waals surface area contributed by atoms with Crippen molar-refractivity contribution in [3.8, 4) is 0 Å². The molecule has 9 rings (SSSR count). The fourth-order valence-corrected chi connectivity index (χ4v) is 15.7. The molecule has 14 heteroatoms. The van der Waals surface area contributed by atoms with Crippen LogP contribution in [0.5, 0.6) is 0 Å². The molecule has 0 radical (unpaired) electrons. The van der Waals surface area contributed by atoms with Gasteiger partial charge in [0.05, 0.1) is 67.9 Å². The molecule has 23 unspecified atom stereocenters. The average molecular weight is 870 g/mol. The molecule has 0 aromatic rings. The summed E-state index contributed by atoms with van der Waals surface area (Å²) in [5.41, 5.74) is 6.46. The molecule has 14 nitrogen and oxygen atoms in total. The van der Waals surface area contributed by atoms with Crippen LogP contribution in [0.3, 0.4) is 0 Å². The number of rotatable bonds is 7. The zero-order valence-electron chi connectivity index (χ0n) is 37.2. The van der Waals surface area contributed by atoms with E-state index in [2.05, 4.69) is 41.9 Å². The lowest BCUT2D eigenvalue weighted by Gasteiger charge is -2.63. The molecule has 0 aromatic carbocycles. The lowest BCUT2D eigenvalue weighted by Crippen LogP contribution is -2.98. The van der Waals surface area contributed by atoms with E-state index in [1.807, 2.05) is 0 Å². The van der Waals surface area contributed by atoms with Crippen molar-refractivity contribution in [3.05, 3.63) is 23.8 Å². The number of esters is 1. The van der Waals surface area contributed by atoms with Crippen molar-refractivity contribution >= 4 is 11.8 Å². The summed E-state index contributed by atoms with van der Waals surface area (Å²) >= 11 is 0. The van der Waals surface area contributed by atoms with Crippen LogP contribution in [0.25, 0.3) is 0 Å². The van der Waals surface area contributed by atoms with Crippen LogP contribution in [-0.2, 0) is 23.8 Å². The SMILES string of the molecule is CC=C(CO)C(=O)OC1CC2C(O)C3C(=O)CC(CO)OC3C3C2OC1(C)C(CC1C[NH2+]C2NC(C)C=CC2C1)CC1CCC2CCC(O)CC2C(CO)C3C2CCNC(N)C12. The molecule has 4 bridgehead atoms. The Hall–Kier alpha value is -1.82. The van der Waals surface area contributed by atoms with Crippen molar-refractivity contribution in [1.29, 1.82) is 0 Å². The summed E-state index contributed by atoms with van der Waals surface area (Å²) in [6.45, 7) is 6.75. The summed E-state index contributed by atoms with van der Waals surface area (Å²) in [7, 11) is 0. The minimum Gasteiger partial charge on any atom is -0.456 e. The van der Waals surface area contributed by atoms with Gasteiger partial charge in [0.25, 0.3) is 0 Å². The molecule has 6 heterocycles. The van der Waals surface area contributed by atoms with Gasteiger partial charge in [0.2, 0.25) is 0 Å². The Morgan fingerprint density at radius 1 is 0.968 bits per heavy atom. The summed E-state index contributed by atoms with van der Waals surface area (Å²) in [6, 6.07) is 0.321. The molecular formula is C48H77N4O10+. The van der Waals surface area contributed by atoms with Crippen LogP contribution in [0.2, 0.25) is 0 Å². The monoisotopic (exact) mass is 870 g/mol. The van der Waals surface area contributed by atoms with Crippen molar-refractivity contribution in [2.24, 2.45) is 82.7 Å². The first kappa shape index (κ1) is 45.3. The molecule has 348 valence electrons. The smallest absolute Gasteiger partial charge is 0.336 e. The third-order valence-corrected chi connectivity index (χ3v) is 18.6. The van der Waals surface area contributed by atoms with Crippen LogP contribution in [0.1, 0.15) is 91.4 Å². The van der Waals surface area contributed by atoms with Gasteiger partial charge in [-0.05, 0) is 139 Å². The number of ether oxygens (including phenoxy) is 3. The Morgan fingerprint density at radius 2 is 1.76 bits per heavy atom. The number of Topliss-reactive ketones (excluding diaryl/α,β-unsaturated/α-hetero) is 1. The lowest BCUT2D eigenvalue weighted by molar-refractivity contribution is -0.715. The number of nitrogens with one attached hydrogen (secondary N) is 2. The van der Waals surface area contributed by atoms with Crippen molar-refractivity contribution in [2.45, 2.75) is 152 Å². The molecule has 6 aliphatic heterocycles. The Morgan fingerprint density at radius 3 is 2.52 bits per heavy atom. The van der Waals surface area contributed by atoms with E-state index in [1.165, 1.54) is 0 Å². The molecule has 3 saturated carbocycles. The van der Waals surface area contributed by atoms with Crippen molar-refractivity contribution in [2.75, 3.05) is 32.9 Å². The number of fused-ring (bicyclic) bond motifs is 6. The van der Waals surface area contributed by atoms with Crippen molar-refractivity contribution in [1.82, 2.24) is 10.6 Å². The zero-order valence-corrected chi connectivity index (χ0v) is 37.2. The number of hydrogen-bond acceptors (Lipinski definition) is 13. The number of aliphatic hydroxyl groups is 5. The number of allylic oxidation sites excluding steroid dienone is 1. The van der Waals surface area contributed by atoms with E-state index in [4.69, 9.17) is 19.9 Å². The second kappa shape index (κ2) is 18.5. The van der Waals surface area contributed by atoms with Gasteiger partial charge in [-0.2, -0.15) is 0 Å². The van der Waals surface area contributed by atoms with Crippen LogP contribution in [0.15, 0.2) is 23.8 Å². The number of aliphatic hydroxyl groups excluding tert-OH is 5. The maximum atomic E-state index is 14.4. The molecule has 9 aliphatic rings. The number of carbonyl (C=O) groups excluding carboxylic acids is 2. The Bertz CT molecular complexity index is 1680.